The summed E-state index contributed by atoms with van der Waals surface area (Å²) in [6, 6.07) is 17.5. The number of amides is 3. The van der Waals surface area contributed by atoms with E-state index in [1.54, 1.807) is 4.90 Å². The molecule has 6 nitrogen and oxygen atoms in total. The third kappa shape index (κ3) is 4.12. The van der Waals surface area contributed by atoms with Crippen molar-refractivity contribution in [2.45, 2.75) is 25.7 Å². The van der Waals surface area contributed by atoms with Gasteiger partial charge in [-0.3, -0.25) is 14.4 Å². The van der Waals surface area contributed by atoms with Gasteiger partial charge >= 0.3 is 0 Å². The van der Waals surface area contributed by atoms with Crippen molar-refractivity contribution in [3.8, 4) is 0 Å². The second kappa shape index (κ2) is 8.74. The minimum absolute atomic E-state index is 0.0629. The Morgan fingerprint density at radius 2 is 1.72 bits per heavy atom. The van der Waals surface area contributed by atoms with Gasteiger partial charge in [-0.25, -0.2) is 0 Å². The SMILES string of the molecule is O=C(NCC1CC(=O)N(c2ccc(N3CCCCC3=O)cc2)C1)c1cc2ccccc2s1. The van der Waals surface area contributed by atoms with E-state index in [0.29, 0.717) is 30.8 Å². The van der Waals surface area contributed by atoms with Crippen molar-refractivity contribution in [2.75, 3.05) is 29.4 Å². The van der Waals surface area contributed by atoms with Crippen molar-refractivity contribution >= 4 is 50.5 Å². The maximum Gasteiger partial charge on any atom is 0.261 e. The first-order valence-corrected chi connectivity index (χ1v) is 11.9. The molecule has 3 aromatic rings. The fraction of sp³-hybridized carbons (Fsp3) is 0.320. The number of rotatable bonds is 5. The summed E-state index contributed by atoms with van der Waals surface area (Å²) in [6.07, 6.45) is 2.99. The quantitative estimate of drug-likeness (QED) is 0.637. The molecule has 32 heavy (non-hydrogen) atoms. The number of fused-ring (bicyclic) bond motifs is 1. The van der Waals surface area contributed by atoms with E-state index in [4.69, 9.17) is 0 Å². The first-order valence-electron chi connectivity index (χ1n) is 11.1. The van der Waals surface area contributed by atoms with Gasteiger partial charge in [0.25, 0.3) is 5.91 Å². The second-order valence-electron chi connectivity index (χ2n) is 8.45. The number of hydrogen-bond acceptors (Lipinski definition) is 4. The third-order valence-electron chi connectivity index (χ3n) is 6.20. The van der Waals surface area contributed by atoms with Crippen LogP contribution in [-0.4, -0.2) is 37.4 Å². The number of hydrogen-bond donors (Lipinski definition) is 1. The lowest BCUT2D eigenvalue weighted by molar-refractivity contribution is -0.119. The summed E-state index contributed by atoms with van der Waals surface area (Å²) < 4.78 is 1.09. The van der Waals surface area contributed by atoms with E-state index in [2.05, 4.69) is 5.32 Å². The summed E-state index contributed by atoms with van der Waals surface area (Å²) in [4.78, 5) is 41.6. The lowest BCUT2D eigenvalue weighted by Gasteiger charge is -2.27. The van der Waals surface area contributed by atoms with Crippen molar-refractivity contribution in [2.24, 2.45) is 5.92 Å². The molecule has 2 aromatic carbocycles. The molecule has 2 aliphatic rings. The number of nitrogens with zero attached hydrogens (tertiary/aromatic N) is 2. The topological polar surface area (TPSA) is 69.7 Å². The molecule has 164 valence electrons. The van der Waals surface area contributed by atoms with Crippen LogP contribution < -0.4 is 15.1 Å². The van der Waals surface area contributed by atoms with Gasteiger partial charge in [-0.2, -0.15) is 0 Å². The molecule has 3 heterocycles. The van der Waals surface area contributed by atoms with Crippen molar-refractivity contribution in [3.05, 3.63) is 59.5 Å². The molecule has 2 fully saturated rings. The van der Waals surface area contributed by atoms with E-state index in [1.165, 1.54) is 11.3 Å². The fourth-order valence-corrected chi connectivity index (χ4v) is 5.46. The third-order valence-corrected chi connectivity index (χ3v) is 7.32. The van der Waals surface area contributed by atoms with Crippen LogP contribution in [0.3, 0.4) is 0 Å². The highest BCUT2D eigenvalue weighted by atomic mass is 32.1. The Bertz CT molecular complexity index is 1140. The van der Waals surface area contributed by atoms with Gasteiger partial charge in [0.05, 0.1) is 4.88 Å². The van der Waals surface area contributed by atoms with Crippen molar-refractivity contribution in [3.63, 3.8) is 0 Å². The van der Waals surface area contributed by atoms with Crippen molar-refractivity contribution in [1.82, 2.24) is 5.32 Å². The number of carbonyl (C=O) groups excluding carboxylic acids is 3. The predicted octanol–water partition coefficient (Wildman–Crippen LogP) is 4.20. The van der Waals surface area contributed by atoms with Gasteiger partial charge in [0.15, 0.2) is 0 Å². The molecule has 1 N–H and O–H groups in total. The van der Waals surface area contributed by atoms with Gasteiger partial charge in [0.1, 0.15) is 0 Å². The van der Waals surface area contributed by atoms with E-state index in [1.807, 2.05) is 59.5 Å². The van der Waals surface area contributed by atoms with Crippen molar-refractivity contribution in [1.29, 1.82) is 0 Å². The van der Waals surface area contributed by atoms with Gasteiger partial charge in [-0.05, 0) is 54.6 Å². The molecule has 1 atom stereocenters. The Labute approximate surface area is 190 Å². The summed E-state index contributed by atoms with van der Waals surface area (Å²) in [6.45, 7) is 1.80. The van der Waals surface area contributed by atoms with Gasteiger partial charge < -0.3 is 15.1 Å². The second-order valence-corrected chi connectivity index (χ2v) is 9.54. The van der Waals surface area contributed by atoms with Crippen LogP contribution in [0.5, 0.6) is 0 Å². The van der Waals surface area contributed by atoms with Crippen molar-refractivity contribution < 1.29 is 14.4 Å². The summed E-state index contributed by atoms with van der Waals surface area (Å²) in [5.41, 5.74) is 1.72. The molecule has 0 radical (unpaired) electrons. The zero-order valence-corrected chi connectivity index (χ0v) is 18.6. The van der Waals surface area contributed by atoms with E-state index in [9.17, 15) is 14.4 Å². The van der Waals surface area contributed by atoms with Gasteiger partial charge in [-0.1, -0.05) is 18.2 Å². The number of thiophene rings is 1. The number of carbonyl (C=O) groups is 3. The van der Waals surface area contributed by atoms with Crippen LogP contribution in [0.25, 0.3) is 10.1 Å². The molecular weight excluding hydrogens is 422 g/mol. The Balaban J connectivity index is 1.19. The predicted molar refractivity (Wildman–Crippen MR) is 127 cm³/mol. The van der Waals surface area contributed by atoms with Gasteiger partial charge in [0, 0.05) is 54.5 Å². The summed E-state index contributed by atoms with van der Waals surface area (Å²) >= 11 is 1.48. The molecule has 1 aromatic heterocycles. The average Bonchev–Trinajstić information content (AvgIpc) is 3.41. The van der Waals surface area contributed by atoms with Crippen LogP contribution in [0.15, 0.2) is 54.6 Å². The number of piperidine rings is 1. The van der Waals surface area contributed by atoms with Crippen LogP contribution in [0, 0.1) is 5.92 Å². The van der Waals surface area contributed by atoms with E-state index in [0.717, 1.165) is 40.8 Å². The highest BCUT2D eigenvalue weighted by Crippen LogP contribution is 2.29. The molecule has 5 rings (SSSR count). The van der Waals surface area contributed by atoms with Crippen LogP contribution in [-0.2, 0) is 9.59 Å². The summed E-state index contributed by atoms with van der Waals surface area (Å²) in [7, 11) is 0. The maximum atomic E-state index is 12.6. The molecule has 7 heteroatoms. The van der Waals surface area contributed by atoms with Crippen LogP contribution >= 0.6 is 11.3 Å². The van der Waals surface area contributed by atoms with Gasteiger partial charge in [0.2, 0.25) is 11.8 Å². The number of nitrogens with one attached hydrogen (secondary N) is 1. The van der Waals surface area contributed by atoms with Crippen LogP contribution in [0.1, 0.15) is 35.4 Å². The Morgan fingerprint density at radius 1 is 0.969 bits per heavy atom. The molecule has 1 unspecified atom stereocenters. The number of anilines is 2. The van der Waals surface area contributed by atoms with Gasteiger partial charge in [-0.15, -0.1) is 11.3 Å². The first kappa shape index (κ1) is 20.7. The average molecular weight is 448 g/mol. The molecule has 0 bridgehead atoms. The summed E-state index contributed by atoms with van der Waals surface area (Å²) in [5, 5.41) is 4.07. The minimum atomic E-state index is -0.0901. The summed E-state index contributed by atoms with van der Waals surface area (Å²) in [5.74, 6) is 0.209. The molecule has 0 spiro atoms. The van der Waals surface area contributed by atoms with E-state index >= 15 is 0 Å². The standard InChI is InChI=1S/C25H25N3O3S/c29-23-7-3-4-12-27(23)19-8-10-20(11-9-19)28-16-17(13-24(28)30)15-26-25(31)22-14-18-5-1-2-6-21(18)32-22/h1-2,5-6,8-11,14,17H,3-4,7,12-13,15-16H2,(H,26,31). The largest absolute Gasteiger partial charge is 0.351 e. The Hall–Kier alpha value is -3.19. The zero-order chi connectivity index (χ0) is 22.1. The lowest BCUT2D eigenvalue weighted by Crippen LogP contribution is -2.35. The maximum absolute atomic E-state index is 12.6. The fourth-order valence-electron chi connectivity index (χ4n) is 4.48. The highest BCUT2D eigenvalue weighted by Gasteiger charge is 2.31. The Morgan fingerprint density at radius 3 is 2.47 bits per heavy atom. The molecule has 2 saturated heterocycles. The Kier molecular flexibility index (Phi) is 5.66. The number of benzene rings is 2. The highest BCUT2D eigenvalue weighted by molar-refractivity contribution is 7.20. The monoisotopic (exact) mass is 447 g/mol. The van der Waals surface area contributed by atoms with E-state index < -0.39 is 0 Å². The van der Waals surface area contributed by atoms with Crippen LogP contribution in [0.2, 0.25) is 0 Å². The van der Waals surface area contributed by atoms with E-state index in [-0.39, 0.29) is 23.6 Å². The first-order chi connectivity index (χ1) is 15.6. The molecule has 0 aliphatic carbocycles. The van der Waals surface area contributed by atoms with Crippen LogP contribution in [0.4, 0.5) is 11.4 Å². The zero-order valence-electron chi connectivity index (χ0n) is 17.8. The minimum Gasteiger partial charge on any atom is -0.351 e. The molecule has 0 saturated carbocycles. The molecule has 2 aliphatic heterocycles. The molecule has 3 amide bonds. The normalized spacial score (nSPS) is 19.1. The lowest BCUT2D eigenvalue weighted by atomic mass is 10.1. The molecular formula is C25H25N3O3S. The smallest absolute Gasteiger partial charge is 0.261 e.